The number of para-hydroxylation sites is 1. The average molecular weight is 446 g/mol. The van der Waals surface area contributed by atoms with E-state index in [1.807, 2.05) is 0 Å². The fourth-order valence-corrected chi connectivity index (χ4v) is 5.43. The summed E-state index contributed by atoms with van der Waals surface area (Å²) in [4.78, 5) is 8.90. The molecule has 0 aliphatic heterocycles. The van der Waals surface area contributed by atoms with Crippen LogP contribution in [0.5, 0.6) is 0 Å². The number of benzene rings is 4. The third-order valence-corrected chi connectivity index (χ3v) is 7.17. The molecule has 0 amide bonds. The number of aromatic nitrogens is 3. The van der Waals surface area contributed by atoms with E-state index >= 15 is 0 Å². The minimum absolute atomic E-state index is 0.953. The number of fused-ring (bicyclic) bond motifs is 7. The summed E-state index contributed by atoms with van der Waals surface area (Å²) in [5.74, 6) is 0.953. The van der Waals surface area contributed by atoms with Gasteiger partial charge in [0.05, 0.1) is 11.0 Å². The van der Waals surface area contributed by atoms with Crippen molar-refractivity contribution in [3.8, 4) is 11.4 Å². The van der Waals surface area contributed by atoms with Gasteiger partial charge >= 0.3 is 0 Å². The molecule has 1 N–H and O–H groups in total. The zero-order chi connectivity index (χ0) is 22.9. The minimum atomic E-state index is 0.953. The van der Waals surface area contributed by atoms with Crippen molar-refractivity contribution in [2.45, 2.75) is 52.0 Å². The van der Waals surface area contributed by atoms with E-state index in [1.54, 1.807) is 0 Å². The van der Waals surface area contributed by atoms with E-state index in [4.69, 9.17) is 4.98 Å². The van der Waals surface area contributed by atoms with Gasteiger partial charge < -0.3 is 9.55 Å². The van der Waals surface area contributed by atoms with Gasteiger partial charge in [-0.1, -0.05) is 106 Å². The van der Waals surface area contributed by atoms with Gasteiger partial charge in [0.15, 0.2) is 0 Å². The van der Waals surface area contributed by atoms with Gasteiger partial charge in [0, 0.05) is 40.0 Å². The largest absolute Gasteiger partial charge is 0.347 e. The van der Waals surface area contributed by atoms with Crippen molar-refractivity contribution in [2.24, 2.45) is 0 Å². The van der Waals surface area contributed by atoms with E-state index in [0.717, 1.165) is 23.4 Å². The highest BCUT2D eigenvalue weighted by Crippen LogP contribution is 2.37. The van der Waals surface area contributed by atoms with Crippen LogP contribution in [0, 0.1) is 0 Å². The maximum absolute atomic E-state index is 5.19. The van der Waals surface area contributed by atoms with Gasteiger partial charge in [0.2, 0.25) is 0 Å². The molecular weight excluding hydrogens is 414 g/mol. The number of imidazole rings is 1. The van der Waals surface area contributed by atoms with Crippen molar-refractivity contribution in [3.63, 3.8) is 0 Å². The lowest BCUT2D eigenvalue weighted by atomic mass is 10.0. The second kappa shape index (κ2) is 8.98. The van der Waals surface area contributed by atoms with Crippen LogP contribution < -0.4 is 0 Å². The second-order valence-corrected chi connectivity index (χ2v) is 9.42. The molecule has 34 heavy (non-hydrogen) atoms. The predicted octanol–water partition coefficient (Wildman–Crippen LogP) is 8.85. The van der Waals surface area contributed by atoms with Crippen molar-refractivity contribution < 1.29 is 0 Å². The van der Waals surface area contributed by atoms with E-state index in [0.29, 0.717) is 0 Å². The fraction of sp³-hybridized carbons (Fsp3) is 0.258. The van der Waals surface area contributed by atoms with E-state index < -0.39 is 0 Å². The Morgan fingerprint density at radius 1 is 0.676 bits per heavy atom. The number of nitrogens with zero attached hydrogens (tertiary/aromatic N) is 2. The number of rotatable bonds is 8. The Labute approximate surface area is 200 Å². The number of aryl methyl sites for hydroxylation is 1. The summed E-state index contributed by atoms with van der Waals surface area (Å²) >= 11 is 0. The first-order valence-corrected chi connectivity index (χ1v) is 12.7. The summed E-state index contributed by atoms with van der Waals surface area (Å²) in [6, 6.07) is 26.0. The van der Waals surface area contributed by atoms with Crippen molar-refractivity contribution in [1.29, 1.82) is 0 Å². The summed E-state index contributed by atoms with van der Waals surface area (Å²) in [6.45, 7) is 3.33. The molecule has 6 rings (SSSR count). The Hall–Kier alpha value is -3.59. The first-order valence-electron chi connectivity index (χ1n) is 12.7. The highest BCUT2D eigenvalue weighted by atomic mass is 15.0. The first-order chi connectivity index (χ1) is 16.8. The lowest BCUT2D eigenvalue weighted by Crippen LogP contribution is -1.95. The summed E-state index contributed by atoms with van der Waals surface area (Å²) in [6.07, 6.45) is 10.2. The fourth-order valence-electron chi connectivity index (χ4n) is 5.43. The highest BCUT2D eigenvalue weighted by molar-refractivity contribution is 6.23. The molecule has 0 saturated heterocycles. The molecular formula is C31H31N3. The Bertz CT molecular complexity index is 1530. The molecule has 3 heteroatoms. The van der Waals surface area contributed by atoms with Gasteiger partial charge in [-0.3, -0.25) is 0 Å². The second-order valence-electron chi connectivity index (χ2n) is 9.42. The van der Waals surface area contributed by atoms with Crippen LogP contribution in [0.2, 0.25) is 0 Å². The van der Waals surface area contributed by atoms with E-state index in [1.165, 1.54) is 76.5 Å². The topological polar surface area (TPSA) is 33.6 Å². The Kier molecular flexibility index (Phi) is 5.54. The summed E-state index contributed by atoms with van der Waals surface area (Å²) in [5, 5.41) is 6.22. The smallest absolute Gasteiger partial charge is 0.140 e. The van der Waals surface area contributed by atoms with Gasteiger partial charge in [-0.25, -0.2) is 4.98 Å². The Balaban J connectivity index is 1.45. The maximum atomic E-state index is 5.19. The molecule has 0 aliphatic rings. The lowest BCUT2D eigenvalue weighted by Gasteiger charge is -2.05. The lowest BCUT2D eigenvalue weighted by molar-refractivity contribution is 0.565. The molecule has 0 radical (unpaired) electrons. The van der Waals surface area contributed by atoms with Crippen LogP contribution in [0.4, 0.5) is 0 Å². The number of hydrogen-bond donors (Lipinski definition) is 1. The monoisotopic (exact) mass is 445 g/mol. The summed E-state index contributed by atoms with van der Waals surface area (Å²) in [5.41, 5.74) is 4.65. The number of hydrogen-bond acceptors (Lipinski definition) is 1. The Morgan fingerprint density at radius 2 is 1.29 bits per heavy atom. The zero-order valence-corrected chi connectivity index (χ0v) is 19.8. The molecule has 2 aromatic heterocycles. The predicted molar refractivity (Wildman–Crippen MR) is 145 cm³/mol. The SMILES string of the molecule is CCCCCCCCn1cc(-c2nc3c4ccccc4c4ccccc4c3[nH]2)c2ccccc21. The molecule has 0 saturated carbocycles. The molecule has 0 spiro atoms. The van der Waals surface area contributed by atoms with Gasteiger partial charge in [-0.2, -0.15) is 0 Å². The van der Waals surface area contributed by atoms with E-state index in [2.05, 4.69) is 95.5 Å². The summed E-state index contributed by atoms with van der Waals surface area (Å²) < 4.78 is 2.42. The van der Waals surface area contributed by atoms with Gasteiger partial charge in [-0.05, 0) is 23.3 Å². The van der Waals surface area contributed by atoms with Crippen LogP contribution in [0.25, 0.3) is 54.9 Å². The van der Waals surface area contributed by atoms with Crippen LogP contribution in [0.1, 0.15) is 45.4 Å². The van der Waals surface area contributed by atoms with Crippen molar-refractivity contribution >= 4 is 43.5 Å². The van der Waals surface area contributed by atoms with Gasteiger partial charge in [0.25, 0.3) is 0 Å². The number of nitrogens with one attached hydrogen (secondary N) is 1. The molecule has 6 aromatic rings. The molecule has 0 aliphatic carbocycles. The quantitative estimate of drug-likeness (QED) is 0.184. The number of H-pyrrole nitrogens is 1. The molecule has 0 fully saturated rings. The van der Waals surface area contributed by atoms with E-state index in [9.17, 15) is 0 Å². The average Bonchev–Trinajstić information content (AvgIpc) is 3.49. The van der Waals surface area contributed by atoms with Crippen molar-refractivity contribution in [1.82, 2.24) is 14.5 Å². The maximum Gasteiger partial charge on any atom is 0.140 e. The van der Waals surface area contributed by atoms with Crippen molar-refractivity contribution in [3.05, 3.63) is 79.0 Å². The molecule has 0 atom stereocenters. The Morgan fingerprint density at radius 3 is 2.09 bits per heavy atom. The normalized spacial score (nSPS) is 11.9. The zero-order valence-electron chi connectivity index (χ0n) is 19.8. The molecule has 2 heterocycles. The van der Waals surface area contributed by atoms with Crippen LogP contribution in [-0.2, 0) is 6.54 Å². The molecule has 170 valence electrons. The van der Waals surface area contributed by atoms with Crippen LogP contribution >= 0.6 is 0 Å². The van der Waals surface area contributed by atoms with Crippen molar-refractivity contribution in [2.75, 3.05) is 0 Å². The van der Waals surface area contributed by atoms with Gasteiger partial charge in [-0.15, -0.1) is 0 Å². The third-order valence-electron chi connectivity index (χ3n) is 7.17. The first kappa shape index (κ1) is 21.0. The van der Waals surface area contributed by atoms with E-state index in [-0.39, 0.29) is 0 Å². The van der Waals surface area contributed by atoms with Gasteiger partial charge in [0.1, 0.15) is 5.82 Å². The number of unbranched alkanes of at least 4 members (excludes halogenated alkanes) is 5. The molecule has 0 bridgehead atoms. The number of aromatic amines is 1. The summed E-state index contributed by atoms with van der Waals surface area (Å²) in [7, 11) is 0. The molecule has 4 aromatic carbocycles. The standard InChI is InChI=1S/C31H31N3/c1-2-3-4-5-6-13-20-34-21-27(24-16-11-12-19-28(24)34)31-32-29-25-17-9-7-14-22(25)23-15-8-10-18-26(23)30(29)33-31/h7-12,14-19,21H,2-6,13,20H2,1H3,(H,32,33). The third kappa shape index (κ3) is 3.56. The molecule has 0 unspecified atom stereocenters. The van der Waals surface area contributed by atoms with Crippen LogP contribution in [0.15, 0.2) is 79.0 Å². The highest BCUT2D eigenvalue weighted by Gasteiger charge is 2.17. The van der Waals surface area contributed by atoms with Crippen LogP contribution in [0.3, 0.4) is 0 Å². The molecule has 3 nitrogen and oxygen atoms in total. The minimum Gasteiger partial charge on any atom is -0.347 e. The van der Waals surface area contributed by atoms with Crippen LogP contribution in [-0.4, -0.2) is 14.5 Å².